The molecule has 0 spiro atoms. The van der Waals surface area contributed by atoms with Crippen LogP contribution in [0.1, 0.15) is 23.2 Å². The van der Waals surface area contributed by atoms with Crippen LogP contribution in [0.2, 0.25) is 0 Å². The van der Waals surface area contributed by atoms with E-state index in [9.17, 15) is 18.4 Å². The summed E-state index contributed by atoms with van der Waals surface area (Å²) in [7, 11) is 1.57. The third-order valence-corrected chi connectivity index (χ3v) is 4.67. The number of amides is 2. The molecule has 7 heteroatoms. The molecule has 0 atom stereocenters. The van der Waals surface area contributed by atoms with Gasteiger partial charge in [0.1, 0.15) is 17.4 Å². The lowest BCUT2D eigenvalue weighted by atomic mass is 9.95. The first kappa shape index (κ1) is 18.8. The lowest BCUT2D eigenvalue weighted by Crippen LogP contribution is -2.41. The minimum absolute atomic E-state index is 0.111. The number of nitrogens with zero attached hydrogens (tertiary/aromatic N) is 1. The Morgan fingerprint density at radius 3 is 2.33 bits per heavy atom. The Balaban J connectivity index is 1.56. The molecular formula is C20H20F2N2O3. The number of nitrogens with one attached hydrogen (secondary N) is 1. The van der Waals surface area contributed by atoms with E-state index >= 15 is 0 Å². The molecule has 2 aromatic rings. The molecule has 5 nitrogen and oxygen atoms in total. The first-order valence-electron chi connectivity index (χ1n) is 8.67. The summed E-state index contributed by atoms with van der Waals surface area (Å²) < 4.78 is 31.9. The summed E-state index contributed by atoms with van der Waals surface area (Å²) in [6.45, 7) is 0.687. The Hall–Kier alpha value is -2.96. The fraction of sp³-hybridized carbons (Fsp3) is 0.300. The third-order valence-electron chi connectivity index (χ3n) is 4.67. The number of hydrogen-bond acceptors (Lipinski definition) is 3. The monoisotopic (exact) mass is 374 g/mol. The number of likely N-dealkylation sites (tertiary alicyclic amines) is 1. The Labute approximate surface area is 155 Å². The van der Waals surface area contributed by atoms with Crippen molar-refractivity contribution in [2.24, 2.45) is 5.92 Å². The summed E-state index contributed by atoms with van der Waals surface area (Å²) in [4.78, 5) is 26.3. The molecule has 27 heavy (non-hydrogen) atoms. The summed E-state index contributed by atoms with van der Waals surface area (Å²) in [5, 5.41) is 2.85. The normalized spacial score (nSPS) is 14.7. The van der Waals surface area contributed by atoms with Gasteiger partial charge in [0.2, 0.25) is 5.91 Å². The number of benzene rings is 2. The predicted molar refractivity (Wildman–Crippen MR) is 96.6 cm³/mol. The summed E-state index contributed by atoms with van der Waals surface area (Å²) >= 11 is 0. The van der Waals surface area contributed by atoms with Gasteiger partial charge in [-0.1, -0.05) is 0 Å². The van der Waals surface area contributed by atoms with E-state index in [4.69, 9.17) is 4.74 Å². The SMILES string of the molecule is COc1ccc(NC(=O)C2CCN(C(=O)c3ccc(F)cc3F)CC2)cc1. The zero-order valence-corrected chi connectivity index (χ0v) is 14.9. The van der Waals surface area contributed by atoms with Gasteiger partial charge in [-0.3, -0.25) is 9.59 Å². The van der Waals surface area contributed by atoms with Gasteiger partial charge in [0.15, 0.2) is 0 Å². The molecule has 1 heterocycles. The van der Waals surface area contributed by atoms with E-state index in [2.05, 4.69) is 5.32 Å². The van der Waals surface area contributed by atoms with Crippen LogP contribution in [0, 0.1) is 17.6 Å². The van der Waals surface area contributed by atoms with Crippen molar-refractivity contribution in [2.75, 3.05) is 25.5 Å². The molecular weight excluding hydrogens is 354 g/mol. The maximum Gasteiger partial charge on any atom is 0.256 e. The van der Waals surface area contributed by atoms with Crippen LogP contribution in [0.5, 0.6) is 5.75 Å². The van der Waals surface area contributed by atoms with E-state index in [1.54, 1.807) is 31.4 Å². The summed E-state index contributed by atoms with van der Waals surface area (Å²) in [5.74, 6) is -1.72. The quantitative estimate of drug-likeness (QED) is 0.892. The number of hydrogen-bond donors (Lipinski definition) is 1. The van der Waals surface area contributed by atoms with Gasteiger partial charge in [0.05, 0.1) is 12.7 Å². The molecule has 1 aliphatic heterocycles. The van der Waals surface area contributed by atoms with E-state index in [1.807, 2.05) is 0 Å². The average molecular weight is 374 g/mol. The van der Waals surface area contributed by atoms with Crippen LogP contribution < -0.4 is 10.1 Å². The Morgan fingerprint density at radius 2 is 1.74 bits per heavy atom. The summed E-state index contributed by atoms with van der Waals surface area (Å²) in [6.07, 6.45) is 0.965. The standard InChI is InChI=1S/C20H20F2N2O3/c1-27-16-5-3-15(4-6-16)23-19(25)13-8-10-24(11-9-13)20(26)17-7-2-14(21)12-18(17)22/h2-7,12-13H,8-11H2,1H3,(H,23,25). The first-order valence-corrected chi connectivity index (χ1v) is 8.67. The molecule has 0 unspecified atom stereocenters. The van der Waals surface area contributed by atoms with Crippen molar-refractivity contribution in [3.05, 3.63) is 59.7 Å². The molecule has 1 saturated heterocycles. The van der Waals surface area contributed by atoms with Crippen LogP contribution in [-0.2, 0) is 4.79 Å². The maximum atomic E-state index is 13.8. The molecule has 0 saturated carbocycles. The Bertz CT molecular complexity index is 832. The van der Waals surface area contributed by atoms with Crippen LogP contribution in [-0.4, -0.2) is 36.9 Å². The molecule has 142 valence electrons. The number of rotatable bonds is 4. The van der Waals surface area contributed by atoms with E-state index in [0.717, 1.165) is 12.1 Å². The van der Waals surface area contributed by atoms with Gasteiger partial charge in [0.25, 0.3) is 5.91 Å². The third kappa shape index (κ3) is 4.42. The van der Waals surface area contributed by atoms with Crippen molar-refractivity contribution in [3.63, 3.8) is 0 Å². The Morgan fingerprint density at radius 1 is 1.07 bits per heavy atom. The molecule has 0 bridgehead atoms. The second-order valence-electron chi connectivity index (χ2n) is 6.41. The molecule has 1 aliphatic rings. The van der Waals surface area contributed by atoms with Crippen LogP contribution in [0.15, 0.2) is 42.5 Å². The zero-order valence-electron chi connectivity index (χ0n) is 14.9. The zero-order chi connectivity index (χ0) is 19.4. The van der Waals surface area contributed by atoms with Crippen LogP contribution >= 0.6 is 0 Å². The van der Waals surface area contributed by atoms with Crippen LogP contribution in [0.4, 0.5) is 14.5 Å². The second kappa shape index (κ2) is 8.16. The molecule has 0 aliphatic carbocycles. The number of carbonyl (C=O) groups excluding carboxylic acids is 2. The highest BCUT2D eigenvalue weighted by molar-refractivity contribution is 5.95. The molecule has 2 aromatic carbocycles. The number of piperidine rings is 1. The van der Waals surface area contributed by atoms with Gasteiger partial charge in [-0.05, 0) is 49.2 Å². The molecule has 0 aromatic heterocycles. The molecule has 3 rings (SSSR count). The van der Waals surface area contributed by atoms with Crippen molar-refractivity contribution in [1.29, 1.82) is 0 Å². The van der Waals surface area contributed by atoms with Crippen LogP contribution in [0.25, 0.3) is 0 Å². The van der Waals surface area contributed by atoms with Crippen LogP contribution in [0.3, 0.4) is 0 Å². The molecule has 1 N–H and O–H groups in total. The fourth-order valence-electron chi connectivity index (χ4n) is 3.10. The predicted octanol–water partition coefficient (Wildman–Crippen LogP) is 3.46. The molecule has 0 radical (unpaired) electrons. The molecule has 2 amide bonds. The average Bonchev–Trinajstić information content (AvgIpc) is 2.68. The smallest absolute Gasteiger partial charge is 0.256 e. The van der Waals surface area contributed by atoms with Crippen molar-refractivity contribution in [3.8, 4) is 5.75 Å². The van der Waals surface area contributed by atoms with E-state index in [1.165, 1.54) is 4.90 Å². The second-order valence-corrected chi connectivity index (χ2v) is 6.41. The van der Waals surface area contributed by atoms with Crippen molar-refractivity contribution < 1.29 is 23.1 Å². The topological polar surface area (TPSA) is 58.6 Å². The minimum Gasteiger partial charge on any atom is -0.497 e. The van der Waals surface area contributed by atoms with Gasteiger partial charge >= 0.3 is 0 Å². The Kier molecular flexibility index (Phi) is 5.69. The highest BCUT2D eigenvalue weighted by Gasteiger charge is 2.29. The number of halogens is 2. The van der Waals surface area contributed by atoms with Gasteiger partial charge in [-0.2, -0.15) is 0 Å². The van der Waals surface area contributed by atoms with Gasteiger partial charge in [0, 0.05) is 30.8 Å². The largest absolute Gasteiger partial charge is 0.497 e. The van der Waals surface area contributed by atoms with E-state index in [0.29, 0.717) is 43.4 Å². The fourth-order valence-corrected chi connectivity index (χ4v) is 3.10. The molecule has 1 fully saturated rings. The number of carbonyl (C=O) groups is 2. The first-order chi connectivity index (χ1) is 13.0. The summed E-state index contributed by atoms with van der Waals surface area (Å²) in [6, 6.07) is 9.94. The van der Waals surface area contributed by atoms with Gasteiger partial charge < -0.3 is 15.0 Å². The van der Waals surface area contributed by atoms with E-state index < -0.39 is 17.5 Å². The number of ether oxygens (including phenoxy) is 1. The van der Waals surface area contributed by atoms with Crippen molar-refractivity contribution >= 4 is 17.5 Å². The maximum absolute atomic E-state index is 13.8. The van der Waals surface area contributed by atoms with Crippen molar-refractivity contribution in [1.82, 2.24) is 4.90 Å². The minimum atomic E-state index is -0.876. The van der Waals surface area contributed by atoms with Crippen molar-refractivity contribution in [2.45, 2.75) is 12.8 Å². The van der Waals surface area contributed by atoms with Gasteiger partial charge in [-0.25, -0.2) is 8.78 Å². The lowest BCUT2D eigenvalue weighted by molar-refractivity contribution is -0.121. The van der Waals surface area contributed by atoms with Gasteiger partial charge in [-0.15, -0.1) is 0 Å². The summed E-state index contributed by atoms with van der Waals surface area (Å²) in [5.41, 5.74) is 0.519. The lowest BCUT2D eigenvalue weighted by Gasteiger charge is -2.31. The highest BCUT2D eigenvalue weighted by atomic mass is 19.1. The highest BCUT2D eigenvalue weighted by Crippen LogP contribution is 2.23. The number of anilines is 1. The van der Waals surface area contributed by atoms with E-state index in [-0.39, 0.29) is 17.4 Å². The number of methoxy groups -OCH3 is 1.